The van der Waals surface area contributed by atoms with Crippen LogP contribution in [0.1, 0.15) is 13.8 Å². The molecule has 3 N–H and O–H groups in total. The number of nitrogens with zero attached hydrogens (tertiary/aromatic N) is 1. The van der Waals surface area contributed by atoms with Gasteiger partial charge < -0.3 is 20.5 Å². The summed E-state index contributed by atoms with van der Waals surface area (Å²) < 4.78 is 10.00. The van der Waals surface area contributed by atoms with Gasteiger partial charge in [0, 0.05) is 0 Å². The fourth-order valence-corrected chi connectivity index (χ4v) is 1.15. The second kappa shape index (κ2) is 6.68. The molecule has 0 amide bonds. The first kappa shape index (κ1) is 14.1. The van der Waals surface area contributed by atoms with Gasteiger partial charge in [0.25, 0.3) is 0 Å². The molecule has 6 nitrogen and oxygen atoms in total. The third-order valence-electron chi connectivity index (χ3n) is 2.08. The summed E-state index contributed by atoms with van der Waals surface area (Å²) in [6.07, 6.45) is 0. The van der Waals surface area contributed by atoms with Gasteiger partial charge in [0.2, 0.25) is 5.88 Å². The molecule has 0 fully saturated rings. The average molecular weight is 253 g/mol. The molecule has 0 unspecified atom stereocenters. The van der Waals surface area contributed by atoms with Gasteiger partial charge >= 0.3 is 5.97 Å². The Morgan fingerprint density at radius 2 is 2.22 bits per heavy atom. The summed E-state index contributed by atoms with van der Waals surface area (Å²) in [6.45, 7) is 4.67. The minimum Gasteiger partial charge on any atom is -0.476 e. The van der Waals surface area contributed by atoms with Gasteiger partial charge in [-0.15, -0.1) is 0 Å². The molecular formula is C12H19N3O3. The van der Waals surface area contributed by atoms with Crippen molar-refractivity contribution < 1.29 is 14.3 Å². The number of nitrogens with two attached hydrogens (primary N) is 1. The molecule has 0 saturated heterocycles. The van der Waals surface area contributed by atoms with Crippen LogP contribution in [-0.2, 0) is 9.53 Å². The molecule has 100 valence electrons. The van der Waals surface area contributed by atoms with Crippen molar-refractivity contribution in [2.75, 3.05) is 31.3 Å². The highest BCUT2D eigenvalue weighted by atomic mass is 16.5. The summed E-state index contributed by atoms with van der Waals surface area (Å²) >= 11 is 0. The van der Waals surface area contributed by atoms with Crippen molar-refractivity contribution in [1.82, 2.24) is 4.98 Å². The highest BCUT2D eigenvalue weighted by Gasteiger charge is 2.07. The van der Waals surface area contributed by atoms with Crippen LogP contribution in [0.4, 0.5) is 11.5 Å². The number of anilines is 2. The third kappa shape index (κ3) is 4.48. The lowest BCUT2D eigenvalue weighted by atomic mass is 10.2. The molecule has 0 aliphatic carbocycles. The van der Waals surface area contributed by atoms with Crippen LogP contribution in [0, 0.1) is 5.92 Å². The van der Waals surface area contributed by atoms with Gasteiger partial charge in [-0.2, -0.15) is 4.98 Å². The summed E-state index contributed by atoms with van der Waals surface area (Å²) in [5.41, 5.74) is 6.22. The Labute approximate surface area is 106 Å². The van der Waals surface area contributed by atoms with E-state index in [1.54, 1.807) is 12.1 Å². The predicted molar refractivity (Wildman–Crippen MR) is 69.5 cm³/mol. The number of methoxy groups -OCH3 is 1. The molecule has 0 saturated carbocycles. The molecule has 1 aromatic rings. The van der Waals surface area contributed by atoms with E-state index in [1.807, 2.05) is 13.8 Å². The van der Waals surface area contributed by atoms with E-state index in [1.165, 1.54) is 7.11 Å². The number of nitrogen functional groups attached to an aromatic ring is 1. The Morgan fingerprint density at radius 1 is 1.50 bits per heavy atom. The highest BCUT2D eigenvalue weighted by molar-refractivity contribution is 5.74. The first-order valence-electron chi connectivity index (χ1n) is 5.73. The average Bonchev–Trinajstić information content (AvgIpc) is 2.35. The molecule has 0 aliphatic heterocycles. The number of rotatable bonds is 6. The smallest absolute Gasteiger partial charge is 0.325 e. The lowest BCUT2D eigenvalue weighted by Gasteiger charge is -2.11. The zero-order chi connectivity index (χ0) is 13.5. The lowest BCUT2D eigenvalue weighted by molar-refractivity contribution is -0.138. The van der Waals surface area contributed by atoms with Crippen LogP contribution >= 0.6 is 0 Å². The van der Waals surface area contributed by atoms with E-state index in [0.717, 1.165) is 0 Å². The molecule has 1 aromatic heterocycles. The van der Waals surface area contributed by atoms with Gasteiger partial charge in [0.1, 0.15) is 12.4 Å². The van der Waals surface area contributed by atoms with Gasteiger partial charge in [-0.05, 0) is 18.1 Å². The van der Waals surface area contributed by atoms with Crippen LogP contribution in [0.15, 0.2) is 12.1 Å². The number of ether oxygens (including phenoxy) is 2. The minimum absolute atomic E-state index is 0.0526. The molecule has 0 aliphatic rings. The number of esters is 1. The molecule has 1 heterocycles. The normalized spacial score (nSPS) is 10.2. The second-order valence-electron chi connectivity index (χ2n) is 4.23. The van der Waals surface area contributed by atoms with E-state index < -0.39 is 0 Å². The molecule has 0 spiro atoms. The highest BCUT2D eigenvalue weighted by Crippen LogP contribution is 2.21. The van der Waals surface area contributed by atoms with Gasteiger partial charge in [-0.25, -0.2) is 0 Å². The first-order chi connectivity index (χ1) is 8.52. The number of nitrogens with one attached hydrogen (secondary N) is 1. The van der Waals surface area contributed by atoms with E-state index >= 15 is 0 Å². The second-order valence-corrected chi connectivity index (χ2v) is 4.23. The monoisotopic (exact) mass is 253 g/mol. The predicted octanol–water partition coefficient (Wildman–Crippen LogP) is 1.28. The zero-order valence-electron chi connectivity index (χ0n) is 10.9. The van der Waals surface area contributed by atoms with Crippen LogP contribution in [-0.4, -0.2) is 31.2 Å². The van der Waals surface area contributed by atoms with Crippen molar-refractivity contribution in [1.29, 1.82) is 0 Å². The van der Waals surface area contributed by atoms with Gasteiger partial charge in [-0.3, -0.25) is 4.79 Å². The van der Waals surface area contributed by atoms with Crippen LogP contribution in [0.5, 0.6) is 5.88 Å². The number of carbonyl (C=O) groups excluding carboxylic acids is 1. The number of hydrogen-bond donors (Lipinski definition) is 2. The number of aromatic nitrogens is 1. The van der Waals surface area contributed by atoms with Crippen molar-refractivity contribution in [3.8, 4) is 5.88 Å². The van der Waals surface area contributed by atoms with Gasteiger partial charge in [0.05, 0.1) is 19.4 Å². The van der Waals surface area contributed by atoms with Crippen LogP contribution < -0.4 is 15.8 Å². The van der Waals surface area contributed by atoms with E-state index in [2.05, 4.69) is 15.0 Å². The summed E-state index contributed by atoms with van der Waals surface area (Å²) in [6, 6.07) is 3.36. The van der Waals surface area contributed by atoms with E-state index in [9.17, 15) is 4.79 Å². The lowest BCUT2D eigenvalue weighted by Crippen LogP contribution is -2.16. The standard InChI is InChI=1S/C12H19N3O3/c1-8(2)7-18-12-9(13)4-5-10(15-12)14-6-11(16)17-3/h4-5,8H,6-7,13H2,1-3H3,(H,14,15). The summed E-state index contributed by atoms with van der Waals surface area (Å²) in [4.78, 5) is 15.2. The van der Waals surface area contributed by atoms with Crippen molar-refractivity contribution in [2.24, 2.45) is 5.92 Å². The minimum atomic E-state index is -0.363. The van der Waals surface area contributed by atoms with Crippen LogP contribution in [0.25, 0.3) is 0 Å². The van der Waals surface area contributed by atoms with Crippen molar-refractivity contribution in [3.63, 3.8) is 0 Å². The Balaban J connectivity index is 2.65. The summed E-state index contributed by atoms with van der Waals surface area (Å²) in [5, 5.41) is 2.83. The molecule has 0 bridgehead atoms. The van der Waals surface area contributed by atoms with E-state index in [-0.39, 0.29) is 12.5 Å². The molecular weight excluding hydrogens is 234 g/mol. The Bertz CT molecular complexity index is 408. The molecule has 0 radical (unpaired) electrons. The molecule has 6 heteroatoms. The maximum absolute atomic E-state index is 11.0. The van der Waals surface area contributed by atoms with Crippen molar-refractivity contribution >= 4 is 17.5 Å². The van der Waals surface area contributed by atoms with Crippen LogP contribution in [0.3, 0.4) is 0 Å². The summed E-state index contributed by atoms with van der Waals surface area (Å²) in [7, 11) is 1.33. The van der Waals surface area contributed by atoms with Crippen LogP contribution in [0.2, 0.25) is 0 Å². The number of hydrogen-bond acceptors (Lipinski definition) is 6. The van der Waals surface area contributed by atoms with Gasteiger partial charge in [-0.1, -0.05) is 13.8 Å². The first-order valence-corrected chi connectivity index (χ1v) is 5.73. The SMILES string of the molecule is COC(=O)CNc1ccc(N)c(OCC(C)C)n1. The third-order valence-corrected chi connectivity index (χ3v) is 2.08. The summed E-state index contributed by atoms with van der Waals surface area (Å²) in [5.74, 6) is 0.920. The van der Waals surface area contributed by atoms with E-state index in [4.69, 9.17) is 10.5 Å². The van der Waals surface area contributed by atoms with Crippen molar-refractivity contribution in [2.45, 2.75) is 13.8 Å². The largest absolute Gasteiger partial charge is 0.476 e. The molecule has 0 aromatic carbocycles. The molecule has 0 atom stereocenters. The maximum atomic E-state index is 11.0. The Hall–Kier alpha value is -1.98. The number of carbonyl (C=O) groups is 1. The quantitative estimate of drug-likeness (QED) is 0.743. The number of pyridine rings is 1. The van der Waals surface area contributed by atoms with E-state index in [0.29, 0.717) is 29.9 Å². The Morgan fingerprint density at radius 3 is 2.83 bits per heavy atom. The molecule has 18 heavy (non-hydrogen) atoms. The zero-order valence-corrected chi connectivity index (χ0v) is 10.9. The fraction of sp³-hybridized carbons (Fsp3) is 0.500. The maximum Gasteiger partial charge on any atom is 0.325 e. The fourth-order valence-electron chi connectivity index (χ4n) is 1.15. The van der Waals surface area contributed by atoms with Gasteiger partial charge in [0.15, 0.2) is 0 Å². The Kier molecular flexibility index (Phi) is 5.23. The van der Waals surface area contributed by atoms with Crippen molar-refractivity contribution in [3.05, 3.63) is 12.1 Å². The molecule has 1 rings (SSSR count). The topological polar surface area (TPSA) is 86.5 Å².